The van der Waals surface area contributed by atoms with Crippen molar-refractivity contribution in [3.05, 3.63) is 155 Å². The van der Waals surface area contributed by atoms with E-state index in [1.54, 1.807) is 97.1 Å². The number of anilines is 2. The number of nitrogens with one attached hydrogen (secondary N) is 2. The number of allylic oxidation sites excluding steroid dienone is 1. The molecule has 0 spiro atoms. The number of phenols is 1. The van der Waals surface area contributed by atoms with Crippen LogP contribution in [-0.2, 0) is 9.59 Å². The summed E-state index contributed by atoms with van der Waals surface area (Å²) in [6.45, 7) is 0. The van der Waals surface area contributed by atoms with Gasteiger partial charge in [0, 0.05) is 52.0 Å². The predicted molar refractivity (Wildman–Crippen MR) is 206 cm³/mol. The van der Waals surface area contributed by atoms with Gasteiger partial charge >= 0.3 is 0 Å². The molecule has 9 rings (SSSR count). The van der Waals surface area contributed by atoms with Gasteiger partial charge in [0.05, 0.1) is 22.5 Å². The van der Waals surface area contributed by atoms with Crippen molar-refractivity contribution in [1.29, 1.82) is 0 Å². The van der Waals surface area contributed by atoms with E-state index in [0.29, 0.717) is 66.8 Å². The molecule has 12 heteroatoms. The highest BCUT2D eigenvalue weighted by atomic mass is 16.3. The summed E-state index contributed by atoms with van der Waals surface area (Å²) < 4.78 is 0. The van der Waals surface area contributed by atoms with E-state index in [9.17, 15) is 29.1 Å². The Hall–Kier alpha value is -7.86. The molecule has 0 bridgehead atoms. The first-order valence-corrected chi connectivity index (χ1v) is 17.1. The Bertz CT molecular complexity index is 2840. The highest BCUT2D eigenvalue weighted by Crippen LogP contribution is 2.42. The fourth-order valence-electron chi connectivity index (χ4n) is 7.10. The number of carbonyl (C=O) groups is 5. The van der Waals surface area contributed by atoms with Gasteiger partial charge in [-0.1, -0.05) is 66.7 Å². The number of ketones is 2. The second kappa shape index (κ2) is 12.7. The monoisotopic (exact) mass is 722 g/mol. The van der Waals surface area contributed by atoms with Gasteiger partial charge in [-0.25, -0.2) is 0 Å². The Morgan fingerprint density at radius 1 is 0.673 bits per heavy atom. The number of amides is 3. The molecule has 0 unspecified atom stereocenters. The number of hydrazone groups is 1. The quantitative estimate of drug-likeness (QED) is 0.0893. The van der Waals surface area contributed by atoms with Crippen LogP contribution in [0.1, 0.15) is 47.8 Å². The summed E-state index contributed by atoms with van der Waals surface area (Å²) in [7, 11) is 1.37. The van der Waals surface area contributed by atoms with E-state index < -0.39 is 23.5 Å². The lowest BCUT2D eigenvalue weighted by molar-refractivity contribution is -0.122. The topological polar surface area (TPSA) is 170 Å². The number of hydrogen-bond donors (Lipinski definition) is 3. The first-order chi connectivity index (χ1) is 26.7. The Morgan fingerprint density at radius 3 is 2.22 bits per heavy atom. The third-order valence-electron chi connectivity index (χ3n) is 9.80. The highest BCUT2D eigenvalue weighted by Gasteiger charge is 2.39. The number of carbonyl (C=O) groups excluding carboxylic acids is 5. The van der Waals surface area contributed by atoms with Gasteiger partial charge in [0.1, 0.15) is 11.4 Å². The van der Waals surface area contributed by atoms with Crippen LogP contribution >= 0.6 is 0 Å². The molecule has 0 fully saturated rings. The summed E-state index contributed by atoms with van der Waals surface area (Å²) in [5, 5.41) is 28.5. The summed E-state index contributed by atoms with van der Waals surface area (Å²) in [5.74, 6) is -2.63. The number of benzene rings is 6. The predicted octanol–water partition coefficient (Wildman–Crippen LogP) is 7.82. The number of phenolic OH excluding ortho intramolecular Hbond substituents is 1. The maximum Gasteiger partial charge on any atom is 0.261 e. The number of nitrogens with zero attached hydrogens (tertiary/aromatic N) is 4. The molecular weight excluding hydrogens is 697 g/mol. The first kappa shape index (κ1) is 33.0. The van der Waals surface area contributed by atoms with Gasteiger partial charge in [-0.3, -0.25) is 34.3 Å². The smallest absolute Gasteiger partial charge is 0.261 e. The normalized spacial score (nSPS) is 15.0. The van der Waals surface area contributed by atoms with E-state index in [4.69, 9.17) is 0 Å². The number of imide groups is 1. The summed E-state index contributed by atoms with van der Waals surface area (Å²) in [6, 6.07) is 32.8. The highest BCUT2D eigenvalue weighted by molar-refractivity contribution is 6.56. The van der Waals surface area contributed by atoms with Gasteiger partial charge < -0.3 is 10.4 Å². The molecule has 12 nitrogen and oxygen atoms in total. The molecule has 0 saturated heterocycles. The first-order valence-electron chi connectivity index (χ1n) is 17.1. The van der Waals surface area contributed by atoms with Crippen molar-refractivity contribution in [1.82, 2.24) is 4.90 Å². The fourth-order valence-corrected chi connectivity index (χ4v) is 7.10. The van der Waals surface area contributed by atoms with Crippen LogP contribution in [0.2, 0.25) is 0 Å². The Labute approximate surface area is 312 Å². The van der Waals surface area contributed by atoms with Crippen molar-refractivity contribution >= 4 is 74.1 Å². The average molecular weight is 723 g/mol. The minimum Gasteiger partial charge on any atom is -0.505 e. The van der Waals surface area contributed by atoms with Crippen LogP contribution in [0.25, 0.3) is 27.5 Å². The van der Waals surface area contributed by atoms with Crippen LogP contribution in [0.4, 0.5) is 22.7 Å². The standard InChI is InChI=1S/C43H26N6O6/c1-49-42(54)30-13-7-12-29-36(30)33(43(49)55)21-35(50)37(29)47-45-24-14-16-27-28-17-15-25(20-32(28)39(51)31(27)19-24)46-48-38-26-11-6-5-8-22(26)18-34(40(38)52)41(53)44-23-9-3-2-4-10-23/h2-21,45,52H,1H3,(H,44,53). The SMILES string of the molecule is CN1C(=O)C2=CC(=O)C(=NNc3ccc4c(c3)C(=O)c3cc(N=Nc5c(O)c(C(=O)Nc6ccccc6)cc6ccccc56)ccc3-4)c3cccc(c32)C1=O. The second-order valence-corrected chi connectivity index (χ2v) is 13.1. The molecule has 6 aromatic carbocycles. The molecule has 264 valence electrons. The van der Waals surface area contributed by atoms with Crippen LogP contribution in [0.3, 0.4) is 0 Å². The number of hydrogen-bond acceptors (Lipinski definition) is 10. The van der Waals surface area contributed by atoms with Crippen molar-refractivity contribution < 1.29 is 29.1 Å². The van der Waals surface area contributed by atoms with Crippen molar-refractivity contribution in [2.75, 3.05) is 17.8 Å². The van der Waals surface area contributed by atoms with E-state index in [0.717, 1.165) is 4.90 Å². The largest absolute Gasteiger partial charge is 0.505 e. The molecule has 1 aliphatic heterocycles. The van der Waals surface area contributed by atoms with Crippen LogP contribution in [-0.4, -0.2) is 52.1 Å². The van der Waals surface area contributed by atoms with Gasteiger partial charge in [0.15, 0.2) is 11.5 Å². The molecule has 0 saturated carbocycles. The van der Waals surface area contributed by atoms with E-state index in [-0.39, 0.29) is 34.1 Å². The van der Waals surface area contributed by atoms with Crippen molar-refractivity contribution in [3.63, 3.8) is 0 Å². The van der Waals surface area contributed by atoms with Crippen molar-refractivity contribution in [2.45, 2.75) is 0 Å². The van der Waals surface area contributed by atoms with Gasteiger partial charge in [0.2, 0.25) is 5.78 Å². The minimum atomic E-state index is -0.559. The van der Waals surface area contributed by atoms with E-state index in [1.165, 1.54) is 13.1 Å². The van der Waals surface area contributed by atoms with Crippen LogP contribution in [0, 0.1) is 0 Å². The van der Waals surface area contributed by atoms with Crippen LogP contribution in [0.15, 0.2) is 137 Å². The zero-order valence-corrected chi connectivity index (χ0v) is 28.8. The molecule has 55 heavy (non-hydrogen) atoms. The molecule has 3 N–H and O–H groups in total. The average Bonchev–Trinajstić information content (AvgIpc) is 3.48. The van der Waals surface area contributed by atoms with E-state index in [1.807, 2.05) is 18.2 Å². The van der Waals surface area contributed by atoms with Crippen molar-refractivity contribution in [3.8, 4) is 16.9 Å². The molecule has 0 atom stereocenters. The summed E-state index contributed by atoms with van der Waals surface area (Å²) >= 11 is 0. The third kappa shape index (κ3) is 5.39. The zero-order valence-electron chi connectivity index (χ0n) is 28.8. The molecule has 3 aliphatic rings. The van der Waals surface area contributed by atoms with Gasteiger partial charge in [-0.15, -0.1) is 5.11 Å². The number of azo groups is 1. The molecule has 0 aromatic heterocycles. The lowest BCUT2D eigenvalue weighted by Crippen LogP contribution is -2.41. The van der Waals surface area contributed by atoms with E-state index >= 15 is 0 Å². The number of para-hydroxylation sites is 1. The van der Waals surface area contributed by atoms with Crippen molar-refractivity contribution in [2.24, 2.45) is 15.3 Å². The molecule has 6 aromatic rings. The second-order valence-electron chi connectivity index (χ2n) is 13.1. The molecule has 1 heterocycles. The lowest BCUT2D eigenvalue weighted by atomic mass is 9.82. The fraction of sp³-hybridized carbons (Fsp3) is 0.0233. The van der Waals surface area contributed by atoms with Gasteiger partial charge in [-0.2, -0.15) is 10.2 Å². The van der Waals surface area contributed by atoms with Gasteiger partial charge in [0.25, 0.3) is 17.7 Å². The Kier molecular flexibility index (Phi) is 7.60. The van der Waals surface area contributed by atoms with Crippen LogP contribution in [0.5, 0.6) is 5.75 Å². The summed E-state index contributed by atoms with van der Waals surface area (Å²) in [6.07, 6.45) is 1.19. The third-order valence-corrected chi connectivity index (χ3v) is 9.80. The maximum atomic E-state index is 13.7. The molecular formula is C43H26N6O6. The minimum absolute atomic E-state index is 0.0250. The lowest BCUT2D eigenvalue weighted by Gasteiger charge is -2.29. The molecule has 3 amide bonds. The summed E-state index contributed by atoms with van der Waals surface area (Å²) in [4.78, 5) is 66.7. The summed E-state index contributed by atoms with van der Waals surface area (Å²) in [5.41, 5.74) is 7.76. The molecule has 2 aliphatic carbocycles. The zero-order chi connectivity index (χ0) is 38.0. The molecule has 0 radical (unpaired) electrons. The Balaban J connectivity index is 0.991. The maximum absolute atomic E-state index is 13.7. The number of fused-ring (bicyclic) bond motifs is 4. The number of likely N-dealkylation sites (N-methyl/N-ethyl adjacent to an activating group) is 1. The van der Waals surface area contributed by atoms with Crippen LogP contribution < -0.4 is 10.7 Å². The number of aromatic hydroxyl groups is 1. The Morgan fingerprint density at radius 2 is 1.40 bits per heavy atom. The van der Waals surface area contributed by atoms with Gasteiger partial charge in [-0.05, 0) is 65.0 Å². The number of rotatable bonds is 6. The van der Waals surface area contributed by atoms with E-state index in [2.05, 4.69) is 26.1 Å².